The van der Waals surface area contributed by atoms with E-state index in [1.807, 2.05) is 10.9 Å². The summed E-state index contributed by atoms with van der Waals surface area (Å²) in [6.07, 6.45) is 8.88. The Morgan fingerprint density at radius 1 is 1.21 bits per heavy atom. The lowest BCUT2D eigenvalue weighted by Crippen LogP contribution is -2.38. The molecule has 0 aliphatic heterocycles. The zero-order valence-corrected chi connectivity index (χ0v) is 19.5. The second kappa shape index (κ2) is 7.93. The first-order chi connectivity index (χ1) is 16.0. The molecule has 0 bridgehead atoms. The van der Waals surface area contributed by atoms with Crippen LogP contribution >= 0.6 is 11.3 Å². The normalized spacial score (nSPS) is 23.1. The quantitative estimate of drug-likeness (QED) is 0.354. The van der Waals surface area contributed by atoms with E-state index in [0.717, 1.165) is 49.0 Å². The number of hydrogen-bond acceptors (Lipinski definition) is 3. The number of aliphatic hydroxyl groups excluding tert-OH is 1. The van der Waals surface area contributed by atoms with E-state index in [4.69, 9.17) is 0 Å². The summed E-state index contributed by atoms with van der Waals surface area (Å²) in [5.41, 5.74) is 5.76. The van der Waals surface area contributed by atoms with Crippen LogP contribution < -0.4 is 0 Å². The molecular formula is C28H27FN2OS. The van der Waals surface area contributed by atoms with Crippen LogP contribution in [0.5, 0.6) is 0 Å². The minimum atomic E-state index is -0.453. The predicted octanol–water partition coefficient (Wildman–Crippen LogP) is 7.10. The van der Waals surface area contributed by atoms with Crippen molar-refractivity contribution in [3.8, 4) is 5.69 Å². The topological polar surface area (TPSA) is 38.0 Å². The number of allylic oxidation sites excluding steroid dienone is 1. The Morgan fingerprint density at radius 2 is 2.03 bits per heavy atom. The number of nitrogens with zero attached hydrogens (tertiary/aromatic N) is 2. The highest BCUT2D eigenvalue weighted by Crippen LogP contribution is 2.53. The number of aromatic nitrogens is 2. The lowest BCUT2D eigenvalue weighted by molar-refractivity contribution is 0.0843. The molecule has 0 amide bonds. The fourth-order valence-corrected chi connectivity index (χ4v) is 6.97. The van der Waals surface area contributed by atoms with Crippen LogP contribution in [0.4, 0.5) is 4.39 Å². The first kappa shape index (κ1) is 20.8. The summed E-state index contributed by atoms with van der Waals surface area (Å²) in [5, 5.41) is 19.2. The van der Waals surface area contributed by atoms with E-state index < -0.39 is 6.10 Å². The van der Waals surface area contributed by atoms with Gasteiger partial charge in [-0.1, -0.05) is 30.7 Å². The van der Waals surface area contributed by atoms with Crippen molar-refractivity contribution in [2.24, 2.45) is 11.3 Å². The summed E-state index contributed by atoms with van der Waals surface area (Å²) in [7, 11) is 0. The van der Waals surface area contributed by atoms with Crippen molar-refractivity contribution in [2.75, 3.05) is 0 Å². The van der Waals surface area contributed by atoms with Gasteiger partial charge in [0.25, 0.3) is 0 Å². The first-order valence-electron chi connectivity index (χ1n) is 11.7. The molecule has 2 heterocycles. The largest absolute Gasteiger partial charge is 0.388 e. The van der Waals surface area contributed by atoms with Gasteiger partial charge in [0.2, 0.25) is 0 Å². The second-order valence-electron chi connectivity index (χ2n) is 9.73. The van der Waals surface area contributed by atoms with Gasteiger partial charge in [-0.2, -0.15) is 5.10 Å². The molecule has 0 saturated heterocycles. The Bertz CT molecular complexity index is 1350. The van der Waals surface area contributed by atoms with Crippen LogP contribution in [0.15, 0.2) is 65.7 Å². The second-order valence-corrected chi connectivity index (χ2v) is 10.6. The van der Waals surface area contributed by atoms with Crippen molar-refractivity contribution in [3.05, 3.63) is 88.3 Å². The van der Waals surface area contributed by atoms with Gasteiger partial charge >= 0.3 is 0 Å². The highest BCUT2D eigenvalue weighted by molar-refractivity contribution is 7.17. The fourth-order valence-electron chi connectivity index (χ4n) is 5.96. The summed E-state index contributed by atoms with van der Waals surface area (Å²) < 4.78 is 16.6. The van der Waals surface area contributed by atoms with Crippen molar-refractivity contribution in [2.45, 2.75) is 45.1 Å². The van der Waals surface area contributed by atoms with Crippen molar-refractivity contribution in [1.82, 2.24) is 9.78 Å². The maximum absolute atomic E-state index is 13.4. The summed E-state index contributed by atoms with van der Waals surface area (Å²) in [4.78, 5) is 0. The van der Waals surface area contributed by atoms with Gasteiger partial charge in [0.05, 0.1) is 23.7 Å². The van der Waals surface area contributed by atoms with Crippen molar-refractivity contribution < 1.29 is 9.50 Å². The van der Waals surface area contributed by atoms with Gasteiger partial charge in [-0.15, -0.1) is 11.3 Å². The molecule has 3 nitrogen and oxygen atoms in total. The summed E-state index contributed by atoms with van der Waals surface area (Å²) in [6, 6.07) is 14.9. The molecule has 4 aromatic rings. The van der Waals surface area contributed by atoms with Crippen LogP contribution in [-0.4, -0.2) is 14.9 Å². The van der Waals surface area contributed by atoms with Gasteiger partial charge in [0, 0.05) is 4.70 Å². The van der Waals surface area contributed by atoms with Crippen molar-refractivity contribution >= 4 is 27.5 Å². The molecule has 2 aliphatic rings. The number of thiophene rings is 1. The van der Waals surface area contributed by atoms with Gasteiger partial charge < -0.3 is 5.11 Å². The molecule has 3 atom stereocenters. The highest BCUT2D eigenvalue weighted by atomic mass is 32.1. The van der Waals surface area contributed by atoms with E-state index in [1.165, 1.54) is 33.4 Å². The van der Waals surface area contributed by atoms with Gasteiger partial charge in [-0.3, -0.25) is 0 Å². The molecule has 33 heavy (non-hydrogen) atoms. The molecule has 0 spiro atoms. The molecule has 0 radical (unpaired) electrons. The average molecular weight is 459 g/mol. The third kappa shape index (κ3) is 3.46. The van der Waals surface area contributed by atoms with Crippen LogP contribution in [0.25, 0.3) is 21.8 Å². The molecule has 2 aliphatic carbocycles. The van der Waals surface area contributed by atoms with Gasteiger partial charge in [-0.05, 0) is 102 Å². The van der Waals surface area contributed by atoms with Crippen LogP contribution in [0.1, 0.15) is 55.5 Å². The summed E-state index contributed by atoms with van der Waals surface area (Å²) in [6.45, 7) is 2.37. The van der Waals surface area contributed by atoms with Crippen LogP contribution in [0, 0.1) is 17.2 Å². The standard InChI is InChI=1S/C28H27FN2OS/c1-28-15-18-16-30-31(22-11-9-21(29)10-12-22)25(18)13-19(28)5-4-6-20(28)14-26(32)24-17-33-27-8-3-2-7-23(24)27/h2-3,7-13,16-17,20,26,32H,4-6,14-15H2,1H3/t20-,26-,28+/m1/s1. The molecule has 0 unspecified atom stereocenters. The maximum Gasteiger partial charge on any atom is 0.123 e. The van der Waals surface area contributed by atoms with E-state index in [2.05, 4.69) is 47.7 Å². The predicted molar refractivity (Wildman–Crippen MR) is 132 cm³/mol. The monoisotopic (exact) mass is 458 g/mol. The first-order valence-corrected chi connectivity index (χ1v) is 12.6. The highest BCUT2D eigenvalue weighted by Gasteiger charge is 2.44. The summed E-state index contributed by atoms with van der Waals surface area (Å²) >= 11 is 1.71. The minimum absolute atomic E-state index is 0.0225. The van der Waals surface area contributed by atoms with E-state index in [9.17, 15) is 9.50 Å². The lowest BCUT2D eigenvalue weighted by Gasteiger charge is -2.46. The Morgan fingerprint density at radius 3 is 2.88 bits per heavy atom. The third-order valence-electron chi connectivity index (χ3n) is 7.84. The van der Waals surface area contributed by atoms with Crippen LogP contribution in [-0.2, 0) is 6.42 Å². The number of fused-ring (bicyclic) bond motifs is 3. The van der Waals surface area contributed by atoms with Crippen molar-refractivity contribution in [3.63, 3.8) is 0 Å². The number of rotatable bonds is 4. The molecular weight excluding hydrogens is 431 g/mol. The van der Waals surface area contributed by atoms with Gasteiger partial charge in [0.15, 0.2) is 0 Å². The molecule has 1 saturated carbocycles. The minimum Gasteiger partial charge on any atom is -0.388 e. The zero-order valence-electron chi connectivity index (χ0n) is 18.7. The van der Waals surface area contributed by atoms with Crippen molar-refractivity contribution in [1.29, 1.82) is 0 Å². The van der Waals surface area contributed by atoms with E-state index in [0.29, 0.717) is 5.92 Å². The Labute approximate surface area is 197 Å². The number of benzene rings is 2. The van der Waals surface area contributed by atoms with E-state index in [1.54, 1.807) is 23.5 Å². The Kier molecular flexibility index (Phi) is 5.00. The molecule has 1 fully saturated rings. The number of hydrogen-bond donors (Lipinski definition) is 1. The smallest absolute Gasteiger partial charge is 0.123 e. The average Bonchev–Trinajstić information content (AvgIpc) is 3.42. The van der Waals surface area contributed by atoms with E-state index in [-0.39, 0.29) is 11.2 Å². The summed E-state index contributed by atoms with van der Waals surface area (Å²) in [5.74, 6) is 0.172. The molecule has 6 rings (SSSR count). The third-order valence-corrected chi connectivity index (χ3v) is 8.82. The van der Waals surface area contributed by atoms with E-state index >= 15 is 0 Å². The molecule has 2 aromatic carbocycles. The number of halogens is 1. The molecule has 1 N–H and O–H groups in total. The maximum atomic E-state index is 13.4. The SMILES string of the molecule is C[C@]12Cc3cnn(-c4ccc(F)cc4)c3C=C1CCC[C@@H]2C[C@@H](O)c1csc2ccccc12. The van der Waals surface area contributed by atoms with Gasteiger partial charge in [0.1, 0.15) is 5.82 Å². The lowest BCUT2D eigenvalue weighted by atomic mass is 9.58. The Hall–Kier alpha value is -2.76. The molecule has 5 heteroatoms. The fraction of sp³-hybridized carbons (Fsp3) is 0.321. The Balaban J connectivity index is 1.31. The number of aliphatic hydroxyl groups is 1. The van der Waals surface area contributed by atoms with Gasteiger partial charge in [-0.25, -0.2) is 9.07 Å². The van der Waals surface area contributed by atoms with Crippen LogP contribution in [0.3, 0.4) is 0 Å². The zero-order chi connectivity index (χ0) is 22.6. The molecule has 168 valence electrons. The molecule has 2 aromatic heterocycles. The van der Waals surface area contributed by atoms with Crippen LogP contribution in [0.2, 0.25) is 0 Å².